The van der Waals surface area contributed by atoms with Gasteiger partial charge in [-0.2, -0.15) is 0 Å². The summed E-state index contributed by atoms with van der Waals surface area (Å²) in [6.45, 7) is 3.45. The normalized spacial score (nSPS) is 13.3. The Morgan fingerprint density at radius 1 is 1.09 bits per heavy atom. The van der Waals surface area contributed by atoms with Crippen LogP contribution in [0.25, 0.3) is 16.7 Å². The van der Waals surface area contributed by atoms with Crippen LogP contribution in [0.2, 0.25) is 5.15 Å². The zero-order valence-corrected chi connectivity index (χ0v) is 19.0. The molecule has 34 heavy (non-hydrogen) atoms. The molecular formula is C22H18ClF6N3O2. The van der Waals surface area contributed by atoms with Gasteiger partial charge in [0.1, 0.15) is 11.3 Å². The van der Waals surface area contributed by atoms with Gasteiger partial charge in [0, 0.05) is 6.20 Å². The Morgan fingerprint density at radius 2 is 1.65 bits per heavy atom. The molecule has 0 bridgehead atoms. The summed E-state index contributed by atoms with van der Waals surface area (Å²) >= 11 is 5.68. The topological polar surface area (TPSA) is 64.0 Å². The molecule has 3 rings (SSSR count). The summed E-state index contributed by atoms with van der Waals surface area (Å²) in [6.07, 6.45) is 0.670. The molecule has 0 spiro atoms. The van der Waals surface area contributed by atoms with E-state index in [1.54, 1.807) is 0 Å². The Bertz CT molecular complexity index is 1340. The second-order valence-corrected chi connectivity index (χ2v) is 8.60. The summed E-state index contributed by atoms with van der Waals surface area (Å²) in [5.41, 5.74) is -6.12. The van der Waals surface area contributed by atoms with Crippen LogP contribution in [0.4, 0.5) is 26.3 Å². The van der Waals surface area contributed by atoms with Crippen LogP contribution in [0.3, 0.4) is 0 Å². The van der Waals surface area contributed by atoms with E-state index in [2.05, 4.69) is 4.98 Å². The van der Waals surface area contributed by atoms with E-state index in [-0.39, 0.29) is 5.56 Å². The average molecular weight is 506 g/mol. The number of amides is 1. The molecule has 2 aromatic heterocycles. The summed E-state index contributed by atoms with van der Waals surface area (Å²) in [6, 6.07) is 0.433. The molecule has 12 heteroatoms. The third-order valence-corrected chi connectivity index (χ3v) is 5.48. The number of aryl methyl sites for hydroxylation is 1. The van der Waals surface area contributed by atoms with Gasteiger partial charge in [0.25, 0.3) is 11.8 Å². The van der Waals surface area contributed by atoms with E-state index < -0.39 is 73.9 Å². The van der Waals surface area contributed by atoms with Gasteiger partial charge < -0.3 is 5.32 Å². The molecule has 1 aromatic carbocycles. The maximum Gasteiger partial charge on any atom is 0.300 e. The Balaban J connectivity index is 2.28. The van der Waals surface area contributed by atoms with Gasteiger partial charge in [0.15, 0.2) is 33.9 Å². The second kappa shape index (κ2) is 8.61. The fraction of sp³-hybridized carbons (Fsp3) is 0.318. The Kier molecular flexibility index (Phi) is 6.47. The van der Waals surface area contributed by atoms with Gasteiger partial charge in [-0.25, -0.2) is 31.3 Å². The van der Waals surface area contributed by atoms with Crippen LogP contribution < -0.4 is 10.7 Å². The largest absolute Gasteiger partial charge is 0.343 e. The van der Waals surface area contributed by atoms with E-state index in [1.165, 1.54) is 6.92 Å². The van der Waals surface area contributed by atoms with Crippen molar-refractivity contribution in [2.45, 2.75) is 45.3 Å². The van der Waals surface area contributed by atoms with Crippen LogP contribution >= 0.6 is 11.6 Å². The predicted molar refractivity (Wildman–Crippen MR) is 114 cm³/mol. The molecule has 0 fully saturated rings. The van der Waals surface area contributed by atoms with Crippen molar-refractivity contribution in [2.24, 2.45) is 0 Å². The number of carbonyl (C=O) groups is 1. The summed E-state index contributed by atoms with van der Waals surface area (Å²) in [4.78, 5) is 29.3. The van der Waals surface area contributed by atoms with Crippen molar-refractivity contribution < 1.29 is 31.1 Å². The van der Waals surface area contributed by atoms with Gasteiger partial charge in [0.2, 0.25) is 5.43 Å². The van der Waals surface area contributed by atoms with Crippen LogP contribution in [0.15, 0.2) is 29.2 Å². The van der Waals surface area contributed by atoms with Crippen molar-refractivity contribution in [1.82, 2.24) is 14.9 Å². The zero-order chi connectivity index (χ0) is 25.7. The molecule has 1 atom stereocenters. The minimum absolute atomic E-state index is 0.212. The first-order valence-corrected chi connectivity index (χ1v) is 10.2. The lowest BCUT2D eigenvalue weighted by Crippen LogP contribution is -2.55. The molecule has 0 saturated carbocycles. The highest BCUT2D eigenvalue weighted by Gasteiger charge is 2.52. The van der Waals surface area contributed by atoms with E-state index in [1.807, 2.05) is 5.32 Å². The number of halogens is 7. The fourth-order valence-electron chi connectivity index (χ4n) is 3.34. The van der Waals surface area contributed by atoms with Gasteiger partial charge in [-0.3, -0.25) is 14.2 Å². The number of rotatable bonds is 5. The quantitative estimate of drug-likeness (QED) is 0.380. The lowest BCUT2D eigenvalue weighted by molar-refractivity contribution is -0.137. The molecule has 3 aromatic rings. The molecule has 2 heterocycles. The maximum absolute atomic E-state index is 14.7. The summed E-state index contributed by atoms with van der Waals surface area (Å²) in [7, 11) is 0. The van der Waals surface area contributed by atoms with Gasteiger partial charge >= 0.3 is 0 Å². The molecule has 0 aliphatic heterocycles. The molecular weight excluding hydrogens is 488 g/mol. The van der Waals surface area contributed by atoms with Crippen LogP contribution in [-0.4, -0.2) is 33.1 Å². The van der Waals surface area contributed by atoms with Gasteiger partial charge in [-0.05, 0) is 51.5 Å². The number of hydrogen-bond acceptors (Lipinski definition) is 3. The van der Waals surface area contributed by atoms with Crippen LogP contribution in [0.5, 0.6) is 0 Å². The van der Waals surface area contributed by atoms with Crippen molar-refractivity contribution >= 4 is 28.5 Å². The van der Waals surface area contributed by atoms with E-state index in [0.717, 1.165) is 19.1 Å². The Morgan fingerprint density at radius 3 is 2.18 bits per heavy atom. The van der Waals surface area contributed by atoms with Crippen molar-refractivity contribution in [2.75, 3.05) is 0 Å². The zero-order valence-electron chi connectivity index (χ0n) is 18.2. The van der Waals surface area contributed by atoms with Crippen molar-refractivity contribution in [1.29, 1.82) is 0 Å². The first-order valence-electron chi connectivity index (χ1n) is 9.81. The Labute approximate surface area is 194 Å². The van der Waals surface area contributed by atoms with E-state index in [9.17, 15) is 35.9 Å². The molecule has 0 radical (unpaired) electrons. The third-order valence-electron chi connectivity index (χ3n) is 5.22. The SMILES string of the molecule is Cc1cc(F)c(-n2cc(C(=O)NC(C)C(F)(F)C(C)(C)F)c(=O)c3cc(F)c(Cl)nc32)c(F)c1. The van der Waals surface area contributed by atoms with Crippen LogP contribution in [0, 0.1) is 24.4 Å². The molecule has 5 nitrogen and oxygen atoms in total. The van der Waals surface area contributed by atoms with E-state index >= 15 is 0 Å². The van der Waals surface area contributed by atoms with Crippen molar-refractivity contribution in [3.05, 3.63) is 68.4 Å². The number of hydrogen-bond donors (Lipinski definition) is 1. The third kappa shape index (κ3) is 4.36. The average Bonchev–Trinajstić information content (AvgIpc) is 2.69. The molecule has 1 unspecified atom stereocenters. The minimum Gasteiger partial charge on any atom is -0.343 e. The number of aromatic nitrogens is 2. The highest BCUT2D eigenvalue weighted by molar-refractivity contribution is 6.29. The maximum atomic E-state index is 14.7. The predicted octanol–water partition coefficient (Wildman–Crippen LogP) is 5.27. The first kappa shape index (κ1) is 25.5. The number of nitrogens with one attached hydrogen (secondary N) is 1. The van der Waals surface area contributed by atoms with Gasteiger partial charge in [0.05, 0.1) is 11.4 Å². The van der Waals surface area contributed by atoms with Crippen molar-refractivity contribution in [3.8, 4) is 5.69 Å². The summed E-state index contributed by atoms with van der Waals surface area (Å²) < 4.78 is 86.7. The number of fused-ring (bicyclic) bond motifs is 1. The van der Waals surface area contributed by atoms with Crippen LogP contribution in [0.1, 0.15) is 36.7 Å². The highest BCUT2D eigenvalue weighted by Crippen LogP contribution is 2.35. The molecule has 1 amide bonds. The standard InChI is InChI=1S/C22H18ClF6N3O2/c1-9-5-13(24)16(14(25)6-9)32-8-12(17(33)11-7-15(26)18(23)31-19(11)32)20(34)30-10(2)22(28,29)21(3,4)27/h5-8,10H,1-4H3,(H,30,34). The van der Waals surface area contributed by atoms with Gasteiger partial charge in [-0.1, -0.05) is 11.6 Å². The highest BCUT2D eigenvalue weighted by atomic mass is 35.5. The van der Waals surface area contributed by atoms with E-state index in [4.69, 9.17) is 11.6 Å². The van der Waals surface area contributed by atoms with Crippen LogP contribution in [-0.2, 0) is 0 Å². The molecule has 0 saturated heterocycles. The molecule has 0 aliphatic carbocycles. The number of carbonyl (C=O) groups excluding carboxylic acids is 1. The van der Waals surface area contributed by atoms with Gasteiger partial charge in [-0.15, -0.1) is 0 Å². The summed E-state index contributed by atoms with van der Waals surface area (Å²) in [5, 5.41) is 0.505. The Hall–Kier alpha value is -3.08. The number of pyridine rings is 2. The number of alkyl halides is 3. The smallest absolute Gasteiger partial charge is 0.300 e. The second-order valence-electron chi connectivity index (χ2n) is 8.24. The van der Waals surface area contributed by atoms with Crippen molar-refractivity contribution in [3.63, 3.8) is 0 Å². The first-order chi connectivity index (χ1) is 15.6. The summed E-state index contributed by atoms with van der Waals surface area (Å²) in [5.74, 6) is -8.85. The fourth-order valence-corrected chi connectivity index (χ4v) is 3.47. The molecule has 182 valence electrons. The molecule has 1 N–H and O–H groups in total. The van der Waals surface area contributed by atoms with E-state index in [0.29, 0.717) is 30.7 Å². The number of benzene rings is 1. The minimum atomic E-state index is -4.05. The monoisotopic (exact) mass is 505 g/mol. The molecule has 0 aliphatic rings. The number of nitrogens with zero attached hydrogens (tertiary/aromatic N) is 2. The lowest BCUT2D eigenvalue weighted by Gasteiger charge is -2.32. The lowest BCUT2D eigenvalue weighted by atomic mass is 9.96.